The highest BCUT2D eigenvalue weighted by Crippen LogP contribution is 2.36. The molecule has 3 atom stereocenters. The highest BCUT2D eigenvalue weighted by atomic mass is 16.5. The number of methoxy groups -OCH3 is 1. The molecule has 2 rings (SSSR count). The zero-order chi connectivity index (χ0) is 13.0. The second-order valence-corrected chi connectivity index (χ2v) is 5.19. The second kappa shape index (κ2) is 6.29. The van der Waals surface area contributed by atoms with Crippen LogP contribution in [0.1, 0.15) is 50.2 Å². The molecule has 1 aromatic heterocycles. The van der Waals surface area contributed by atoms with E-state index in [2.05, 4.69) is 10.1 Å². The molecule has 1 saturated carbocycles. The zero-order valence-corrected chi connectivity index (χ0v) is 11.3. The first kappa shape index (κ1) is 13.5. The van der Waals surface area contributed by atoms with Gasteiger partial charge in [-0.1, -0.05) is 18.0 Å². The summed E-state index contributed by atoms with van der Waals surface area (Å²) in [5, 5.41) is 4.04. The normalized spacial score (nSPS) is 26.2. The van der Waals surface area contributed by atoms with Crippen molar-refractivity contribution in [2.24, 2.45) is 11.7 Å². The summed E-state index contributed by atoms with van der Waals surface area (Å²) in [7, 11) is 1.69. The van der Waals surface area contributed by atoms with Gasteiger partial charge in [0.05, 0.1) is 6.10 Å². The van der Waals surface area contributed by atoms with Gasteiger partial charge in [0.25, 0.3) is 0 Å². The number of rotatable bonds is 5. The lowest BCUT2D eigenvalue weighted by molar-refractivity contribution is 0.116. The Bertz CT molecular complexity index is 367. The SMILES string of the molecule is COC(C)Cc1noc(C2CCCCC2CN)n1. The second-order valence-electron chi connectivity index (χ2n) is 5.19. The van der Waals surface area contributed by atoms with E-state index < -0.39 is 0 Å². The van der Waals surface area contributed by atoms with Crippen LogP contribution in [0.3, 0.4) is 0 Å². The molecule has 5 heteroatoms. The molecule has 3 unspecified atom stereocenters. The summed E-state index contributed by atoms with van der Waals surface area (Å²) in [5.74, 6) is 2.35. The molecule has 1 heterocycles. The Morgan fingerprint density at radius 3 is 2.94 bits per heavy atom. The molecule has 0 spiro atoms. The largest absolute Gasteiger partial charge is 0.381 e. The smallest absolute Gasteiger partial charge is 0.230 e. The molecule has 0 saturated heterocycles. The van der Waals surface area contributed by atoms with Crippen molar-refractivity contribution in [1.82, 2.24) is 10.1 Å². The molecule has 0 aliphatic heterocycles. The van der Waals surface area contributed by atoms with Gasteiger partial charge in [-0.05, 0) is 32.2 Å². The summed E-state index contributed by atoms with van der Waals surface area (Å²) >= 11 is 0. The van der Waals surface area contributed by atoms with E-state index in [1.807, 2.05) is 6.92 Å². The van der Waals surface area contributed by atoms with Crippen LogP contribution >= 0.6 is 0 Å². The Morgan fingerprint density at radius 1 is 1.44 bits per heavy atom. The Kier molecular flexibility index (Phi) is 4.72. The molecular weight excluding hydrogens is 230 g/mol. The fraction of sp³-hybridized carbons (Fsp3) is 0.846. The number of hydrogen-bond acceptors (Lipinski definition) is 5. The molecule has 18 heavy (non-hydrogen) atoms. The van der Waals surface area contributed by atoms with Gasteiger partial charge in [0.1, 0.15) is 0 Å². The average molecular weight is 253 g/mol. The van der Waals surface area contributed by atoms with Gasteiger partial charge in [-0.25, -0.2) is 0 Å². The van der Waals surface area contributed by atoms with E-state index >= 15 is 0 Å². The first-order valence-electron chi connectivity index (χ1n) is 6.80. The summed E-state index contributed by atoms with van der Waals surface area (Å²) in [5.41, 5.74) is 5.83. The van der Waals surface area contributed by atoms with Crippen molar-refractivity contribution in [3.63, 3.8) is 0 Å². The highest BCUT2D eigenvalue weighted by molar-refractivity contribution is 4.99. The minimum Gasteiger partial charge on any atom is -0.381 e. The molecule has 0 radical (unpaired) electrons. The minimum absolute atomic E-state index is 0.118. The molecule has 102 valence electrons. The van der Waals surface area contributed by atoms with Crippen LogP contribution in [0.15, 0.2) is 4.52 Å². The van der Waals surface area contributed by atoms with Crippen LogP contribution in [-0.4, -0.2) is 29.9 Å². The van der Waals surface area contributed by atoms with E-state index in [1.165, 1.54) is 19.3 Å². The van der Waals surface area contributed by atoms with Crippen molar-refractivity contribution in [2.45, 2.75) is 51.0 Å². The van der Waals surface area contributed by atoms with E-state index in [4.69, 9.17) is 15.0 Å². The third kappa shape index (κ3) is 3.09. The van der Waals surface area contributed by atoms with Crippen molar-refractivity contribution < 1.29 is 9.26 Å². The van der Waals surface area contributed by atoms with Gasteiger partial charge < -0.3 is 15.0 Å². The highest BCUT2D eigenvalue weighted by Gasteiger charge is 2.30. The summed E-state index contributed by atoms with van der Waals surface area (Å²) in [6, 6.07) is 0. The van der Waals surface area contributed by atoms with E-state index in [0.29, 0.717) is 24.8 Å². The summed E-state index contributed by atoms with van der Waals surface area (Å²) < 4.78 is 10.6. The van der Waals surface area contributed by atoms with E-state index in [1.54, 1.807) is 7.11 Å². The third-order valence-electron chi connectivity index (χ3n) is 3.89. The lowest BCUT2D eigenvalue weighted by atomic mass is 9.79. The summed E-state index contributed by atoms with van der Waals surface area (Å²) in [4.78, 5) is 4.51. The minimum atomic E-state index is 0.118. The number of nitrogens with zero attached hydrogens (tertiary/aromatic N) is 2. The Labute approximate surface area is 108 Å². The maximum Gasteiger partial charge on any atom is 0.230 e. The van der Waals surface area contributed by atoms with Gasteiger partial charge >= 0.3 is 0 Å². The maximum atomic E-state index is 5.83. The molecule has 5 nitrogen and oxygen atoms in total. The molecule has 0 amide bonds. The van der Waals surface area contributed by atoms with Crippen molar-refractivity contribution in [2.75, 3.05) is 13.7 Å². The monoisotopic (exact) mass is 253 g/mol. The molecule has 1 aliphatic carbocycles. The van der Waals surface area contributed by atoms with Gasteiger partial charge in [-0.15, -0.1) is 0 Å². The summed E-state index contributed by atoms with van der Waals surface area (Å²) in [6.07, 6.45) is 5.59. The van der Waals surface area contributed by atoms with Crippen LogP contribution in [0.4, 0.5) is 0 Å². The standard InChI is InChI=1S/C13H23N3O2/c1-9(17-2)7-12-15-13(18-16-12)11-6-4-3-5-10(11)8-14/h9-11H,3-8,14H2,1-2H3. The van der Waals surface area contributed by atoms with E-state index in [0.717, 1.165) is 18.1 Å². The van der Waals surface area contributed by atoms with Gasteiger partial charge in [0.15, 0.2) is 5.82 Å². The van der Waals surface area contributed by atoms with Crippen LogP contribution in [0, 0.1) is 5.92 Å². The molecule has 0 aromatic carbocycles. The molecule has 1 aromatic rings. The lowest BCUT2D eigenvalue weighted by Crippen LogP contribution is -2.25. The van der Waals surface area contributed by atoms with Gasteiger partial charge in [0, 0.05) is 19.4 Å². The van der Waals surface area contributed by atoms with Crippen molar-refractivity contribution in [3.8, 4) is 0 Å². The van der Waals surface area contributed by atoms with Crippen LogP contribution in [-0.2, 0) is 11.2 Å². The van der Waals surface area contributed by atoms with Gasteiger partial charge in [-0.3, -0.25) is 0 Å². The molecule has 1 fully saturated rings. The molecule has 0 bridgehead atoms. The zero-order valence-electron chi connectivity index (χ0n) is 11.3. The van der Waals surface area contributed by atoms with Crippen LogP contribution in [0.2, 0.25) is 0 Å². The van der Waals surface area contributed by atoms with Crippen LogP contribution < -0.4 is 5.73 Å². The van der Waals surface area contributed by atoms with Crippen LogP contribution in [0.5, 0.6) is 0 Å². The quantitative estimate of drug-likeness (QED) is 0.867. The van der Waals surface area contributed by atoms with Crippen molar-refractivity contribution in [1.29, 1.82) is 0 Å². The predicted molar refractivity (Wildman–Crippen MR) is 68.2 cm³/mol. The molecular formula is C13H23N3O2. The number of aromatic nitrogens is 2. The Balaban J connectivity index is 2.03. The predicted octanol–water partition coefficient (Wildman–Crippen LogP) is 1.88. The number of hydrogen-bond donors (Lipinski definition) is 1. The maximum absolute atomic E-state index is 5.83. The first-order chi connectivity index (χ1) is 8.74. The average Bonchev–Trinajstić information content (AvgIpc) is 2.86. The third-order valence-corrected chi connectivity index (χ3v) is 3.89. The lowest BCUT2D eigenvalue weighted by Gasteiger charge is -2.27. The summed E-state index contributed by atoms with van der Waals surface area (Å²) in [6.45, 7) is 2.70. The van der Waals surface area contributed by atoms with Crippen molar-refractivity contribution in [3.05, 3.63) is 11.7 Å². The Hall–Kier alpha value is -0.940. The molecule has 2 N–H and O–H groups in total. The van der Waals surface area contributed by atoms with Gasteiger partial charge in [0.2, 0.25) is 5.89 Å². The fourth-order valence-corrected chi connectivity index (χ4v) is 2.66. The first-order valence-corrected chi connectivity index (χ1v) is 6.80. The Morgan fingerprint density at radius 2 is 2.22 bits per heavy atom. The van der Waals surface area contributed by atoms with Crippen LogP contribution in [0.25, 0.3) is 0 Å². The van der Waals surface area contributed by atoms with Gasteiger partial charge in [-0.2, -0.15) is 4.98 Å². The number of nitrogens with two attached hydrogens (primary N) is 1. The number of ether oxygens (including phenoxy) is 1. The van der Waals surface area contributed by atoms with E-state index in [-0.39, 0.29) is 6.10 Å². The fourth-order valence-electron chi connectivity index (χ4n) is 2.66. The molecule has 1 aliphatic rings. The topological polar surface area (TPSA) is 74.2 Å². The van der Waals surface area contributed by atoms with E-state index in [9.17, 15) is 0 Å². The van der Waals surface area contributed by atoms with Crippen molar-refractivity contribution >= 4 is 0 Å².